The summed E-state index contributed by atoms with van der Waals surface area (Å²) in [5, 5.41) is 6.36. The van der Waals surface area contributed by atoms with Crippen LogP contribution in [0.2, 0.25) is 0 Å². The lowest BCUT2D eigenvalue weighted by Crippen LogP contribution is -2.48. The fourth-order valence-corrected chi connectivity index (χ4v) is 2.80. The van der Waals surface area contributed by atoms with E-state index < -0.39 is 6.10 Å². The number of hydrogen-bond donors (Lipinski definition) is 2. The molecule has 0 radical (unpaired) electrons. The second-order valence-corrected chi connectivity index (χ2v) is 5.33. The minimum Gasteiger partial charge on any atom is -0.477 e. The lowest BCUT2D eigenvalue weighted by Gasteiger charge is -2.29. The first kappa shape index (κ1) is 12.3. The van der Waals surface area contributed by atoms with E-state index in [1.807, 2.05) is 24.3 Å². The number of hydrogen-bond acceptors (Lipinski definition) is 3. The number of carbonyl (C=O) groups is 1. The minimum atomic E-state index is -0.420. The number of rotatable bonds is 2. The van der Waals surface area contributed by atoms with Crippen molar-refractivity contribution in [3.63, 3.8) is 0 Å². The summed E-state index contributed by atoms with van der Waals surface area (Å²) in [5.41, 5.74) is 0.962. The van der Waals surface area contributed by atoms with E-state index in [2.05, 4.69) is 10.6 Å². The van der Waals surface area contributed by atoms with Crippen molar-refractivity contribution in [2.45, 2.75) is 44.2 Å². The van der Waals surface area contributed by atoms with Crippen LogP contribution in [-0.2, 0) is 4.79 Å². The van der Waals surface area contributed by atoms with E-state index in [0.29, 0.717) is 12.6 Å². The Kier molecular flexibility index (Phi) is 3.58. The number of fused-ring (bicyclic) bond motifs is 1. The highest BCUT2D eigenvalue weighted by Crippen LogP contribution is 2.28. The average Bonchev–Trinajstić information content (AvgIpc) is 2.48. The largest absolute Gasteiger partial charge is 0.477 e. The maximum atomic E-state index is 12.2. The molecule has 2 aliphatic rings. The van der Waals surface area contributed by atoms with Crippen LogP contribution in [0.5, 0.6) is 5.75 Å². The predicted octanol–water partition coefficient (Wildman–Crippen LogP) is 2.31. The van der Waals surface area contributed by atoms with E-state index in [1.165, 1.54) is 19.3 Å². The molecule has 0 bridgehead atoms. The smallest absolute Gasteiger partial charge is 0.263 e. The summed E-state index contributed by atoms with van der Waals surface area (Å²) in [4.78, 5) is 12.2. The van der Waals surface area contributed by atoms with Crippen molar-refractivity contribution >= 4 is 11.6 Å². The molecule has 1 atom stereocenters. The minimum absolute atomic E-state index is 0.00824. The van der Waals surface area contributed by atoms with Gasteiger partial charge < -0.3 is 15.4 Å². The highest BCUT2D eigenvalue weighted by Gasteiger charge is 2.27. The Bertz CT molecular complexity index is 455. The van der Waals surface area contributed by atoms with Crippen molar-refractivity contribution in [2.24, 2.45) is 0 Å². The third-order valence-electron chi connectivity index (χ3n) is 3.88. The van der Waals surface area contributed by atoms with Gasteiger partial charge in [-0.3, -0.25) is 4.79 Å². The Labute approximate surface area is 113 Å². The van der Waals surface area contributed by atoms with Crippen LogP contribution in [-0.4, -0.2) is 24.6 Å². The van der Waals surface area contributed by atoms with E-state index in [1.54, 1.807) is 0 Å². The number of anilines is 1. The van der Waals surface area contributed by atoms with Gasteiger partial charge in [-0.15, -0.1) is 0 Å². The first-order chi connectivity index (χ1) is 9.33. The van der Waals surface area contributed by atoms with E-state index in [0.717, 1.165) is 24.3 Å². The van der Waals surface area contributed by atoms with Crippen LogP contribution in [0.15, 0.2) is 24.3 Å². The van der Waals surface area contributed by atoms with Gasteiger partial charge in [-0.25, -0.2) is 0 Å². The monoisotopic (exact) mass is 260 g/mol. The molecule has 102 valence electrons. The molecule has 1 amide bonds. The van der Waals surface area contributed by atoms with E-state index >= 15 is 0 Å². The van der Waals surface area contributed by atoms with Gasteiger partial charge in [-0.2, -0.15) is 0 Å². The summed E-state index contributed by atoms with van der Waals surface area (Å²) in [6.07, 6.45) is 5.51. The fraction of sp³-hybridized carbons (Fsp3) is 0.533. The van der Waals surface area contributed by atoms with Crippen LogP contribution in [0.4, 0.5) is 5.69 Å². The number of amides is 1. The molecule has 0 aromatic heterocycles. The Morgan fingerprint density at radius 2 is 2.00 bits per heavy atom. The lowest BCUT2D eigenvalue weighted by molar-refractivity contribution is -0.128. The Balaban J connectivity index is 1.59. The molecule has 4 heteroatoms. The van der Waals surface area contributed by atoms with E-state index in [-0.39, 0.29) is 5.91 Å². The van der Waals surface area contributed by atoms with Gasteiger partial charge in [-0.05, 0) is 25.0 Å². The maximum absolute atomic E-state index is 12.2. The molecule has 0 spiro atoms. The van der Waals surface area contributed by atoms with Crippen molar-refractivity contribution < 1.29 is 9.53 Å². The van der Waals surface area contributed by atoms with Gasteiger partial charge in [0.15, 0.2) is 6.10 Å². The Morgan fingerprint density at radius 1 is 1.21 bits per heavy atom. The first-order valence-corrected chi connectivity index (χ1v) is 7.13. The topological polar surface area (TPSA) is 50.4 Å². The molecule has 1 unspecified atom stereocenters. The molecule has 4 nitrogen and oxygen atoms in total. The predicted molar refractivity (Wildman–Crippen MR) is 74.4 cm³/mol. The van der Waals surface area contributed by atoms with E-state index in [9.17, 15) is 4.79 Å². The highest BCUT2D eigenvalue weighted by molar-refractivity contribution is 5.83. The zero-order valence-corrected chi connectivity index (χ0v) is 11.0. The van der Waals surface area contributed by atoms with Gasteiger partial charge in [0, 0.05) is 6.04 Å². The summed E-state index contributed by atoms with van der Waals surface area (Å²) in [6, 6.07) is 8.06. The number of benzene rings is 1. The van der Waals surface area contributed by atoms with Gasteiger partial charge in [-0.1, -0.05) is 31.4 Å². The summed E-state index contributed by atoms with van der Waals surface area (Å²) >= 11 is 0. The zero-order valence-electron chi connectivity index (χ0n) is 11.0. The van der Waals surface area contributed by atoms with Gasteiger partial charge in [0.05, 0.1) is 12.2 Å². The standard InChI is InChI=1S/C15H20N2O2/c18-15(17-11-6-2-1-3-7-11)14-10-16-12-8-4-5-9-13(12)19-14/h4-5,8-9,11,14,16H,1-3,6-7,10H2,(H,17,18). The molecule has 1 fully saturated rings. The molecule has 1 aromatic carbocycles. The molecule has 19 heavy (non-hydrogen) atoms. The second-order valence-electron chi connectivity index (χ2n) is 5.33. The van der Waals surface area contributed by atoms with E-state index in [4.69, 9.17) is 4.74 Å². The number of para-hydroxylation sites is 2. The molecule has 1 aliphatic carbocycles. The average molecular weight is 260 g/mol. The van der Waals surface area contributed by atoms with Crippen LogP contribution >= 0.6 is 0 Å². The van der Waals surface area contributed by atoms with Gasteiger partial charge in [0.2, 0.25) is 0 Å². The van der Waals surface area contributed by atoms with Crippen LogP contribution in [0.1, 0.15) is 32.1 Å². The van der Waals surface area contributed by atoms with Crippen molar-refractivity contribution in [1.29, 1.82) is 0 Å². The number of carbonyl (C=O) groups excluding carboxylic acids is 1. The Morgan fingerprint density at radius 3 is 2.84 bits per heavy atom. The van der Waals surface area contributed by atoms with Crippen LogP contribution in [0.3, 0.4) is 0 Å². The SMILES string of the molecule is O=C(NC1CCCCC1)C1CNc2ccccc2O1. The summed E-state index contributed by atoms with van der Waals surface area (Å²) in [6.45, 7) is 0.537. The van der Waals surface area contributed by atoms with Gasteiger partial charge in [0.1, 0.15) is 5.75 Å². The van der Waals surface area contributed by atoms with Gasteiger partial charge in [0.25, 0.3) is 5.91 Å². The third kappa shape index (κ3) is 2.83. The summed E-state index contributed by atoms with van der Waals surface area (Å²) in [5.74, 6) is 0.770. The summed E-state index contributed by atoms with van der Waals surface area (Å²) in [7, 11) is 0. The maximum Gasteiger partial charge on any atom is 0.263 e. The first-order valence-electron chi connectivity index (χ1n) is 7.13. The van der Waals surface area contributed by atoms with Gasteiger partial charge >= 0.3 is 0 Å². The molecule has 0 saturated heterocycles. The highest BCUT2D eigenvalue weighted by atomic mass is 16.5. The lowest BCUT2D eigenvalue weighted by atomic mass is 9.95. The number of nitrogens with one attached hydrogen (secondary N) is 2. The third-order valence-corrected chi connectivity index (χ3v) is 3.88. The van der Waals surface area contributed by atoms with Crippen molar-refractivity contribution in [3.8, 4) is 5.75 Å². The quantitative estimate of drug-likeness (QED) is 0.858. The summed E-state index contributed by atoms with van der Waals surface area (Å²) < 4.78 is 5.76. The molecule has 1 aromatic rings. The van der Waals surface area contributed by atoms with Crippen LogP contribution < -0.4 is 15.4 Å². The van der Waals surface area contributed by atoms with Crippen LogP contribution in [0.25, 0.3) is 0 Å². The zero-order chi connectivity index (χ0) is 13.1. The normalized spacial score (nSPS) is 22.8. The van der Waals surface area contributed by atoms with Crippen molar-refractivity contribution in [1.82, 2.24) is 5.32 Å². The Hall–Kier alpha value is -1.71. The molecule has 1 heterocycles. The fourth-order valence-electron chi connectivity index (χ4n) is 2.80. The van der Waals surface area contributed by atoms with Crippen molar-refractivity contribution in [2.75, 3.05) is 11.9 Å². The second kappa shape index (κ2) is 5.51. The molecule has 1 saturated carbocycles. The molecule has 1 aliphatic heterocycles. The molecular formula is C15H20N2O2. The van der Waals surface area contributed by atoms with Crippen LogP contribution in [0, 0.1) is 0 Å². The molecule has 3 rings (SSSR count). The van der Waals surface area contributed by atoms with Crippen molar-refractivity contribution in [3.05, 3.63) is 24.3 Å². The number of ether oxygens (including phenoxy) is 1. The molecule has 2 N–H and O–H groups in total. The molecular weight excluding hydrogens is 240 g/mol.